The molecule has 86 valence electrons. The monoisotopic (exact) mass is 234 g/mol. The summed E-state index contributed by atoms with van der Waals surface area (Å²) in [4.78, 5) is 0. The number of halogens is 1. The Bertz CT molecular complexity index is 383. The van der Waals surface area contributed by atoms with Crippen LogP contribution in [0.2, 0.25) is 0 Å². The predicted octanol–water partition coefficient (Wildman–Crippen LogP) is 4.13. The Labute approximate surface area is 103 Å². The molecule has 3 rings (SSSR count). The predicted molar refractivity (Wildman–Crippen MR) is 69.2 cm³/mol. The lowest BCUT2D eigenvalue weighted by atomic mass is 9.96. The van der Waals surface area contributed by atoms with E-state index < -0.39 is 0 Å². The van der Waals surface area contributed by atoms with Gasteiger partial charge >= 0.3 is 0 Å². The van der Waals surface area contributed by atoms with Gasteiger partial charge in [-0.15, -0.1) is 11.6 Å². The lowest BCUT2D eigenvalue weighted by Crippen LogP contribution is -2.01. The fourth-order valence-electron chi connectivity index (χ4n) is 3.28. The van der Waals surface area contributed by atoms with E-state index in [1.54, 1.807) is 11.1 Å². The van der Waals surface area contributed by atoms with Gasteiger partial charge in [-0.1, -0.05) is 18.2 Å². The third-order valence-electron chi connectivity index (χ3n) is 4.16. The fourth-order valence-corrected chi connectivity index (χ4v) is 3.66. The zero-order valence-corrected chi connectivity index (χ0v) is 10.5. The smallest absolute Gasteiger partial charge is 0.0338 e. The summed E-state index contributed by atoms with van der Waals surface area (Å²) in [6.07, 6.45) is 8.96. The van der Waals surface area contributed by atoms with Gasteiger partial charge < -0.3 is 0 Å². The van der Waals surface area contributed by atoms with Crippen LogP contribution in [0.5, 0.6) is 0 Å². The van der Waals surface area contributed by atoms with Crippen LogP contribution in [0.15, 0.2) is 18.2 Å². The molecule has 2 aliphatic carbocycles. The van der Waals surface area contributed by atoms with Gasteiger partial charge in [-0.3, -0.25) is 0 Å². The Morgan fingerprint density at radius 3 is 2.81 bits per heavy atom. The number of hydrogen-bond acceptors (Lipinski definition) is 0. The van der Waals surface area contributed by atoms with Crippen LogP contribution in [0.3, 0.4) is 0 Å². The first-order chi connectivity index (χ1) is 7.81. The highest BCUT2D eigenvalue weighted by Crippen LogP contribution is 2.32. The van der Waals surface area contributed by atoms with Gasteiger partial charge in [-0.2, -0.15) is 0 Å². The second kappa shape index (κ2) is 4.41. The third kappa shape index (κ3) is 2.13. The molecule has 1 aromatic carbocycles. The average molecular weight is 235 g/mol. The maximum atomic E-state index is 6.17. The van der Waals surface area contributed by atoms with E-state index in [0.29, 0.717) is 5.38 Å². The number of benzene rings is 1. The van der Waals surface area contributed by atoms with Crippen molar-refractivity contribution in [3.8, 4) is 0 Å². The standard InChI is InChI=1S/C15H19Cl/c16-15-7-5-12(10-15)8-11-4-6-13-2-1-3-14(13)9-11/h4,6,9,12,15H,1-3,5,7-8,10H2. The molecule has 1 saturated carbocycles. The lowest BCUT2D eigenvalue weighted by molar-refractivity contribution is 0.547. The van der Waals surface area contributed by atoms with E-state index in [4.69, 9.17) is 11.6 Å². The van der Waals surface area contributed by atoms with Gasteiger partial charge in [0.15, 0.2) is 0 Å². The van der Waals surface area contributed by atoms with Gasteiger partial charge in [-0.05, 0) is 67.6 Å². The van der Waals surface area contributed by atoms with Crippen LogP contribution in [0.4, 0.5) is 0 Å². The van der Waals surface area contributed by atoms with E-state index in [1.807, 2.05) is 0 Å². The molecule has 0 bridgehead atoms. The van der Waals surface area contributed by atoms with Crippen LogP contribution in [-0.2, 0) is 19.3 Å². The molecule has 0 N–H and O–H groups in total. The van der Waals surface area contributed by atoms with Crippen molar-refractivity contribution in [2.45, 2.75) is 50.3 Å². The molecule has 1 heteroatoms. The largest absolute Gasteiger partial charge is 0.123 e. The minimum absolute atomic E-state index is 0.444. The summed E-state index contributed by atoms with van der Waals surface area (Å²) in [6, 6.07) is 7.14. The van der Waals surface area contributed by atoms with Crippen molar-refractivity contribution in [1.29, 1.82) is 0 Å². The van der Waals surface area contributed by atoms with Crippen molar-refractivity contribution < 1.29 is 0 Å². The summed E-state index contributed by atoms with van der Waals surface area (Å²) < 4.78 is 0. The lowest BCUT2D eigenvalue weighted by Gasteiger charge is -2.10. The molecule has 1 aromatic rings. The molecule has 0 aliphatic heterocycles. The van der Waals surface area contributed by atoms with Crippen molar-refractivity contribution in [2.24, 2.45) is 5.92 Å². The van der Waals surface area contributed by atoms with Gasteiger partial charge in [0.2, 0.25) is 0 Å². The molecule has 0 aromatic heterocycles. The van der Waals surface area contributed by atoms with Crippen LogP contribution >= 0.6 is 11.6 Å². The van der Waals surface area contributed by atoms with Crippen LogP contribution in [0, 0.1) is 5.92 Å². The van der Waals surface area contributed by atoms with Gasteiger partial charge in [0.25, 0.3) is 0 Å². The SMILES string of the molecule is ClC1CCC(Cc2ccc3c(c2)CCC3)C1. The minimum Gasteiger partial charge on any atom is -0.123 e. The average Bonchev–Trinajstić information content (AvgIpc) is 2.87. The molecule has 0 nitrogen and oxygen atoms in total. The summed E-state index contributed by atoms with van der Waals surface area (Å²) >= 11 is 6.17. The van der Waals surface area contributed by atoms with Gasteiger partial charge in [0, 0.05) is 5.38 Å². The number of rotatable bonds is 2. The second-order valence-electron chi connectivity index (χ2n) is 5.44. The Morgan fingerprint density at radius 1 is 1.12 bits per heavy atom. The zero-order chi connectivity index (χ0) is 11.0. The number of aryl methyl sites for hydroxylation is 2. The minimum atomic E-state index is 0.444. The first-order valence-electron chi connectivity index (χ1n) is 6.56. The first-order valence-corrected chi connectivity index (χ1v) is 6.99. The summed E-state index contributed by atoms with van der Waals surface area (Å²) in [5.74, 6) is 0.835. The van der Waals surface area contributed by atoms with Crippen molar-refractivity contribution in [3.63, 3.8) is 0 Å². The maximum Gasteiger partial charge on any atom is 0.0338 e. The number of alkyl halides is 1. The molecule has 0 spiro atoms. The molecular weight excluding hydrogens is 216 g/mol. The Balaban J connectivity index is 1.71. The summed E-state index contributed by atoms with van der Waals surface area (Å²) in [6.45, 7) is 0. The van der Waals surface area contributed by atoms with Crippen LogP contribution in [0.25, 0.3) is 0 Å². The Morgan fingerprint density at radius 2 is 2.00 bits per heavy atom. The van der Waals surface area contributed by atoms with Crippen molar-refractivity contribution in [1.82, 2.24) is 0 Å². The second-order valence-corrected chi connectivity index (χ2v) is 6.05. The zero-order valence-electron chi connectivity index (χ0n) is 9.71. The molecule has 0 saturated heterocycles. The van der Waals surface area contributed by atoms with Crippen LogP contribution in [-0.4, -0.2) is 5.38 Å². The van der Waals surface area contributed by atoms with Gasteiger partial charge in [-0.25, -0.2) is 0 Å². The highest BCUT2D eigenvalue weighted by molar-refractivity contribution is 6.20. The molecule has 2 atom stereocenters. The molecule has 0 heterocycles. The van der Waals surface area contributed by atoms with E-state index in [1.165, 1.54) is 50.5 Å². The molecule has 0 radical (unpaired) electrons. The van der Waals surface area contributed by atoms with Gasteiger partial charge in [0.1, 0.15) is 0 Å². The highest BCUT2D eigenvalue weighted by Gasteiger charge is 2.23. The Kier molecular flexibility index (Phi) is 2.93. The van der Waals surface area contributed by atoms with Crippen molar-refractivity contribution in [2.75, 3.05) is 0 Å². The van der Waals surface area contributed by atoms with E-state index in [0.717, 1.165) is 5.92 Å². The molecule has 1 fully saturated rings. The summed E-state index contributed by atoms with van der Waals surface area (Å²) in [7, 11) is 0. The molecule has 2 unspecified atom stereocenters. The van der Waals surface area contributed by atoms with Crippen molar-refractivity contribution in [3.05, 3.63) is 34.9 Å². The van der Waals surface area contributed by atoms with E-state index in [-0.39, 0.29) is 0 Å². The van der Waals surface area contributed by atoms with E-state index in [2.05, 4.69) is 18.2 Å². The van der Waals surface area contributed by atoms with E-state index >= 15 is 0 Å². The fraction of sp³-hybridized carbons (Fsp3) is 0.600. The highest BCUT2D eigenvalue weighted by atomic mass is 35.5. The first kappa shape index (κ1) is 10.7. The quantitative estimate of drug-likeness (QED) is 0.676. The Hall–Kier alpha value is -0.490. The van der Waals surface area contributed by atoms with Crippen LogP contribution in [0.1, 0.15) is 42.4 Å². The van der Waals surface area contributed by atoms with Gasteiger partial charge in [0.05, 0.1) is 0 Å². The van der Waals surface area contributed by atoms with E-state index in [9.17, 15) is 0 Å². The molecule has 16 heavy (non-hydrogen) atoms. The summed E-state index contributed by atoms with van der Waals surface area (Å²) in [5.41, 5.74) is 4.74. The molecule has 2 aliphatic rings. The van der Waals surface area contributed by atoms with Crippen LogP contribution < -0.4 is 0 Å². The van der Waals surface area contributed by atoms with Crippen molar-refractivity contribution >= 4 is 11.6 Å². The maximum absolute atomic E-state index is 6.17. The molecular formula is C15H19Cl. The normalized spacial score (nSPS) is 28.3. The third-order valence-corrected chi connectivity index (χ3v) is 4.56. The summed E-state index contributed by atoms with van der Waals surface area (Å²) in [5, 5.41) is 0.444. The number of fused-ring (bicyclic) bond motifs is 1. The number of hydrogen-bond donors (Lipinski definition) is 0. The topological polar surface area (TPSA) is 0 Å². The molecule has 0 amide bonds.